The number of carbonyl (C=O) groups is 1. The molecule has 4 aromatic rings. The number of hydrogen-bond donors (Lipinski definition) is 2. The summed E-state index contributed by atoms with van der Waals surface area (Å²) >= 11 is 0. The van der Waals surface area contributed by atoms with E-state index in [1.807, 2.05) is 43.5 Å². The highest BCUT2D eigenvalue weighted by atomic mass is 16.1. The Morgan fingerprint density at radius 2 is 2.17 bits per heavy atom. The van der Waals surface area contributed by atoms with Crippen LogP contribution < -0.4 is 5.32 Å². The first kappa shape index (κ1) is 13.5. The van der Waals surface area contributed by atoms with Crippen LogP contribution in [0.15, 0.2) is 48.7 Å². The molecule has 0 unspecified atom stereocenters. The number of H-pyrrole nitrogens is 1. The third-order valence-electron chi connectivity index (χ3n) is 3.92. The average Bonchev–Trinajstić information content (AvgIpc) is 3.21. The van der Waals surface area contributed by atoms with Gasteiger partial charge < -0.3 is 10.3 Å². The number of aryl methyl sites for hydroxylation is 1. The maximum atomic E-state index is 12.5. The summed E-state index contributed by atoms with van der Waals surface area (Å²) in [5, 5.41) is 12.1. The second kappa shape index (κ2) is 5.24. The SMILES string of the molecule is CCn1nnc2cc(C(=O)Nc3cccc4[nH]ccc34)ccc21. The molecule has 2 N–H and O–H groups in total. The molecular formula is C17H15N5O. The second-order valence-corrected chi connectivity index (χ2v) is 5.31. The van der Waals surface area contributed by atoms with Crippen LogP contribution in [0.3, 0.4) is 0 Å². The van der Waals surface area contributed by atoms with Gasteiger partial charge in [0.25, 0.3) is 5.91 Å². The van der Waals surface area contributed by atoms with Crippen molar-refractivity contribution in [2.75, 3.05) is 5.32 Å². The highest BCUT2D eigenvalue weighted by molar-refractivity contribution is 6.09. The fourth-order valence-corrected chi connectivity index (χ4v) is 2.74. The van der Waals surface area contributed by atoms with Gasteiger partial charge in [-0.2, -0.15) is 0 Å². The highest BCUT2D eigenvalue weighted by Crippen LogP contribution is 2.23. The third kappa shape index (κ3) is 2.24. The lowest BCUT2D eigenvalue weighted by Crippen LogP contribution is -2.12. The van der Waals surface area contributed by atoms with Crippen LogP contribution >= 0.6 is 0 Å². The van der Waals surface area contributed by atoms with E-state index in [1.165, 1.54) is 0 Å². The quantitative estimate of drug-likeness (QED) is 0.610. The molecule has 0 fully saturated rings. The molecule has 0 aliphatic rings. The van der Waals surface area contributed by atoms with E-state index in [0.717, 1.165) is 34.2 Å². The number of amides is 1. The Hall–Kier alpha value is -3.15. The molecule has 6 heteroatoms. The summed E-state index contributed by atoms with van der Waals surface area (Å²) in [6, 6.07) is 13.2. The van der Waals surface area contributed by atoms with Crippen molar-refractivity contribution in [3.63, 3.8) is 0 Å². The Bertz CT molecular complexity index is 1010. The van der Waals surface area contributed by atoms with Crippen molar-refractivity contribution in [3.05, 3.63) is 54.2 Å². The van der Waals surface area contributed by atoms with Gasteiger partial charge in [0.1, 0.15) is 5.52 Å². The van der Waals surface area contributed by atoms with Crippen LogP contribution in [-0.4, -0.2) is 25.9 Å². The van der Waals surface area contributed by atoms with Crippen LogP contribution in [-0.2, 0) is 6.54 Å². The molecule has 6 nitrogen and oxygen atoms in total. The van der Waals surface area contributed by atoms with E-state index >= 15 is 0 Å². The molecule has 2 aromatic heterocycles. The van der Waals surface area contributed by atoms with E-state index in [4.69, 9.17) is 0 Å². The summed E-state index contributed by atoms with van der Waals surface area (Å²) in [6.07, 6.45) is 1.86. The normalized spacial score (nSPS) is 11.2. The van der Waals surface area contributed by atoms with Gasteiger partial charge in [0.05, 0.1) is 11.2 Å². The van der Waals surface area contributed by atoms with E-state index < -0.39 is 0 Å². The van der Waals surface area contributed by atoms with Crippen molar-refractivity contribution in [2.45, 2.75) is 13.5 Å². The topological polar surface area (TPSA) is 75.6 Å². The zero-order valence-corrected chi connectivity index (χ0v) is 12.6. The predicted octanol–water partition coefficient (Wildman–Crippen LogP) is 3.18. The zero-order chi connectivity index (χ0) is 15.8. The van der Waals surface area contributed by atoms with Gasteiger partial charge in [-0.3, -0.25) is 4.79 Å². The minimum atomic E-state index is -0.161. The number of nitrogens with zero attached hydrogens (tertiary/aromatic N) is 3. The molecule has 0 spiro atoms. The van der Waals surface area contributed by atoms with Crippen LogP contribution in [0.4, 0.5) is 5.69 Å². The molecule has 1 amide bonds. The molecule has 0 saturated heterocycles. The molecule has 0 radical (unpaired) electrons. The summed E-state index contributed by atoms with van der Waals surface area (Å²) in [5.74, 6) is -0.161. The number of carbonyl (C=O) groups excluding carboxylic acids is 1. The minimum Gasteiger partial charge on any atom is -0.361 e. The molecule has 0 atom stereocenters. The summed E-state index contributed by atoms with van der Waals surface area (Å²) in [6.45, 7) is 2.75. The monoisotopic (exact) mass is 305 g/mol. The molecule has 0 bridgehead atoms. The smallest absolute Gasteiger partial charge is 0.255 e. The second-order valence-electron chi connectivity index (χ2n) is 5.31. The Morgan fingerprint density at radius 1 is 1.26 bits per heavy atom. The van der Waals surface area contributed by atoms with Crippen molar-refractivity contribution in [3.8, 4) is 0 Å². The number of benzene rings is 2. The molecule has 0 saturated carbocycles. The number of aromatic nitrogens is 4. The van der Waals surface area contributed by atoms with Crippen molar-refractivity contribution in [1.82, 2.24) is 20.0 Å². The number of hydrogen-bond acceptors (Lipinski definition) is 3. The van der Waals surface area contributed by atoms with E-state index in [2.05, 4.69) is 20.6 Å². The van der Waals surface area contributed by atoms with Crippen LogP contribution in [0.1, 0.15) is 17.3 Å². The van der Waals surface area contributed by atoms with E-state index in [0.29, 0.717) is 5.56 Å². The van der Waals surface area contributed by atoms with Gasteiger partial charge in [-0.15, -0.1) is 5.10 Å². The lowest BCUT2D eigenvalue weighted by molar-refractivity contribution is 0.102. The first-order valence-electron chi connectivity index (χ1n) is 7.47. The van der Waals surface area contributed by atoms with Crippen LogP contribution in [0.2, 0.25) is 0 Å². The van der Waals surface area contributed by atoms with Gasteiger partial charge in [-0.1, -0.05) is 11.3 Å². The van der Waals surface area contributed by atoms with Crippen LogP contribution in [0, 0.1) is 0 Å². The summed E-state index contributed by atoms with van der Waals surface area (Å²) < 4.78 is 1.80. The number of anilines is 1. The van der Waals surface area contributed by atoms with Crippen LogP contribution in [0.25, 0.3) is 21.9 Å². The summed E-state index contributed by atoms with van der Waals surface area (Å²) in [4.78, 5) is 15.7. The highest BCUT2D eigenvalue weighted by Gasteiger charge is 2.11. The number of nitrogens with one attached hydrogen (secondary N) is 2. The van der Waals surface area contributed by atoms with Gasteiger partial charge >= 0.3 is 0 Å². The fourth-order valence-electron chi connectivity index (χ4n) is 2.74. The fraction of sp³-hybridized carbons (Fsp3) is 0.118. The van der Waals surface area contributed by atoms with Crippen molar-refractivity contribution in [2.24, 2.45) is 0 Å². The largest absolute Gasteiger partial charge is 0.361 e. The predicted molar refractivity (Wildman–Crippen MR) is 89.5 cm³/mol. The molecule has 4 rings (SSSR count). The molecule has 2 aromatic carbocycles. The van der Waals surface area contributed by atoms with Crippen molar-refractivity contribution in [1.29, 1.82) is 0 Å². The number of aromatic amines is 1. The number of fused-ring (bicyclic) bond motifs is 2. The average molecular weight is 305 g/mol. The maximum Gasteiger partial charge on any atom is 0.255 e. The maximum absolute atomic E-state index is 12.5. The summed E-state index contributed by atoms with van der Waals surface area (Å²) in [5.41, 5.74) is 3.99. The Morgan fingerprint density at radius 3 is 3.04 bits per heavy atom. The standard InChI is InChI=1S/C17H15N5O/c1-2-22-16-7-6-11(10-15(16)20-21-22)17(23)19-14-5-3-4-13-12(14)8-9-18-13/h3-10,18H,2H2,1H3,(H,19,23). The van der Waals surface area contributed by atoms with Gasteiger partial charge in [-0.05, 0) is 43.3 Å². The van der Waals surface area contributed by atoms with Gasteiger partial charge in [0.15, 0.2) is 0 Å². The number of rotatable bonds is 3. The molecular weight excluding hydrogens is 290 g/mol. The Kier molecular flexibility index (Phi) is 3.08. The van der Waals surface area contributed by atoms with Crippen molar-refractivity contribution >= 4 is 33.5 Å². The first-order chi connectivity index (χ1) is 11.3. The molecule has 0 aliphatic carbocycles. The van der Waals surface area contributed by atoms with Crippen molar-refractivity contribution < 1.29 is 4.79 Å². The van der Waals surface area contributed by atoms with E-state index in [9.17, 15) is 4.79 Å². The lowest BCUT2D eigenvalue weighted by atomic mass is 10.1. The van der Waals surface area contributed by atoms with Gasteiger partial charge in [0, 0.05) is 29.2 Å². The van der Waals surface area contributed by atoms with E-state index in [-0.39, 0.29) is 5.91 Å². The zero-order valence-electron chi connectivity index (χ0n) is 12.6. The molecule has 114 valence electrons. The van der Waals surface area contributed by atoms with E-state index in [1.54, 1.807) is 16.8 Å². The third-order valence-corrected chi connectivity index (χ3v) is 3.92. The first-order valence-corrected chi connectivity index (χ1v) is 7.47. The van der Waals surface area contributed by atoms with Gasteiger partial charge in [-0.25, -0.2) is 4.68 Å². The van der Waals surface area contributed by atoms with Crippen LogP contribution in [0.5, 0.6) is 0 Å². The lowest BCUT2D eigenvalue weighted by Gasteiger charge is -2.07. The minimum absolute atomic E-state index is 0.161. The van der Waals surface area contributed by atoms with Gasteiger partial charge in [0.2, 0.25) is 0 Å². The molecule has 2 heterocycles. The molecule has 0 aliphatic heterocycles. The molecule has 23 heavy (non-hydrogen) atoms. The Labute approximate surface area is 132 Å². The Balaban J connectivity index is 1.67. The summed E-state index contributed by atoms with van der Waals surface area (Å²) in [7, 11) is 0.